The van der Waals surface area contributed by atoms with Gasteiger partial charge >= 0.3 is 0 Å². The van der Waals surface area contributed by atoms with Crippen molar-refractivity contribution < 1.29 is 4.79 Å². The van der Waals surface area contributed by atoms with Gasteiger partial charge in [0.25, 0.3) is 0 Å². The highest BCUT2D eigenvalue weighted by Gasteiger charge is 2.15. The highest BCUT2D eigenvalue weighted by Crippen LogP contribution is 2.18. The zero-order valence-electron chi connectivity index (χ0n) is 9.41. The lowest BCUT2D eigenvalue weighted by atomic mass is 10.1. The Morgan fingerprint density at radius 1 is 1.53 bits per heavy atom. The first-order valence-electron chi connectivity index (χ1n) is 5.13. The van der Waals surface area contributed by atoms with E-state index in [-0.39, 0.29) is 17.9 Å². The molecule has 0 aliphatic carbocycles. The van der Waals surface area contributed by atoms with Gasteiger partial charge in [-0.15, -0.1) is 11.3 Å². The summed E-state index contributed by atoms with van der Waals surface area (Å²) < 4.78 is 0. The van der Waals surface area contributed by atoms with Gasteiger partial charge in [0.05, 0.1) is 6.04 Å². The average Bonchev–Trinajstić information content (AvgIpc) is 2.70. The van der Waals surface area contributed by atoms with Crippen molar-refractivity contribution in [2.75, 3.05) is 13.6 Å². The van der Waals surface area contributed by atoms with Crippen molar-refractivity contribution in [3.8, 4) is 0 Å². The number of nitrogens with one attached hydrogen (secondary N) is 2. The molecular formula is C11H18N2OS. The maximum atomic E-state index is 11.7. The van der Waals surface area contributed by atoms with Gasteiger partial charge in [0, 0.05) is 17.3 Å². The van der Waals surface area contributed by atoms with E-state index in [4.69, 9.17) is 0 Å². The molecule has 0 aliphatic rings. The van der Waals surface area contributed by atoms with Gasteiger partial charge in [0.15, 0.2) is 0 Å². The molecular weight excluding hydrogens is 208 g/mol. The van der Waals surface area contributed by atoms with E-state index in [1.54, 1.807) is 11.3 Å². The molecule has 2 N–H and O–H groups in total. The number of carbonyl (C=O) groups is 1. The Kier molecular flexibility index (Phi) is 4.78. The summed E-state index contributed by atoms with van der Waals surface area (Å²) in [5.41, 5.74) is 0. The van der Waals surface area contributed by atoms with Crippen LogP contribution >= 0.6 is 11.3 Å². The van der Waals surface area contributed by atoms with E-state index < -0.39 is 0 Å². The minimum atomic E-state index is 0.0115. The van der Waals surface area contributed by atoms with Gasteiger partial charge in [-0.2, -0.15) is 0 Å². The molecule has 1 unspecified atom stereocenters. The van der Waals surface area contributed by atoms with Crippen LogP contribution in [-0.4, -0.2) is 19.5 Å². The van der Waals surface area contributed by atoms with Gasteiger partial charge in [0.1, 0.15) is 0 Å². The fourth-order valence-corrected chi connectivity index (χ4v) is 2.10. The second-order valence-electron chi connectivity index (χ2n) is 3.70. The van der Waals surface area contributed by atoms with Crippen LogP contribution in [0.15, 0.2) is 17.5 Å². The largest absolute Gasteiger partial charge is 0.348 e. The highest BCUT2D eigenvalue weighted by molar-refractivity contribution is 7.10. The lowest BCUT2D eigenvalue weighted by Crippen LogP contribution is -2.35. The van der Waals surface area contributed by atoms with Gasteiger partial charge in [-0.1, -0.05) is 13.0 Å². The summed E-state index contributed by atoms with van der Waals surface area (Å²) in [7, 11) is 1.85. The van der Waals surface area contributed by atoms with Crippen LogP contribution in [0.4, 0.5) is 0 Å². The Morgan fingerprint density at radius 3 is 2.80 bits per heavy atom. The molecule has 0 saturated heterocycles. The van der Waals surface area contributed by atoms with Crippen molar-refractivity contribution >= 4 is 17.2 Å². The highest BCUT2D eigenvalue weighted by atomic mass is 32.1. The van der Waals surface area contributed by atoms with Crippen LogP contribution in [0.3, 0.4) is 0 Å². The van der Waals surface area contributed by atoms with E-state index in [1.165, 1.54) is 4.88 Å². The van der Waals surface area contributed by atoms with E-state index in [9.17, 15) is 4.79 Å². The van der Waals surface area contributed by atoms with E-state index in [1.807, 2.05) is 38.4 Å². The Hall–Kier alpha value is -0.870. The molecule has 0 bridgehead atoms. The van der Waals surface area contributed by atoms with Gasteiger partial charge in [-0.3, -0.25) is 4.79 Å². The van der Waals surface area contributed by atoms with Crippen LogP contribution in [0.1, 0.15) is 24.8 Å². The van der Waals surface area contributed by atoms with Gasteiger partial charge in [-0.25, -0.2) is 0 Å². The lowest BCUT2D eigenvalue weighted by Gasteiger charge is -2.16. The van der Waals surface area contributed by atoms with Crippen LogP contribution in [0.2, 0.25) is 0 Å². The first-order chi connectivity index (χ1) is 7.15. The van der Waals surface area contributed by atoms with Crippen molar-refractivity contribution in [1.82, 2.24) is 10.6 Å². The zero-order chi connectivity index (χ0) is 11.3. The van der Waals surface area contributed by atoms with E-state index in [0.29, 0.717) is 6.54 Å². The van der Waals surface area contributed by atoms with Gasteiger partial charge < -0.3 is 10.6 Å². The Balaban J connectivity index is 2.44. The summed E-state index contributed by atoms with van der Waals surface area (Å²) in [4.78, 5) is 12.9. The molecule has 0 saturated carbocycles. The SMILES string of the molecule is CNCC(C)C(=O)N[C@@H](C)c1cccs1. The number of hydrogen-bond acceptors (Lipinski definition) is 3. The molecule has 0 fully saturated rings. The molecule has 1 aromatic rings. The lowest BCUT2D eigenvalue weighted by molar-refractivity contribution is -0.125. The Labute approximate surface area is 94.9 Å². The smallest absolute Gasteiger partial charge is 0.224 e. The van der Waals surface area contributed by atoms with Crippen molar-refractivity contribution in [2.45, 2.75) is 19.9 Å². The van der Waals surface area contributed by atoms with Crippen molar-refractivity contribution in [3.05, 3.63) is 22.4 Å². The average molecular weight is 226 g/mol. The van der Waals surface area contributed by atoms with Crippen molar-refractivity contribution in [3.63, 3.8) is 0 Å². The molecule has 1 amide bonds. The fourth-order valence-electron chi connectivity index (χ4n) is 1.36. The van der Waals surface area contributed by atoms with Crippen molar-refractivity contribution in [1.29, 1.82) is 0 Å². The van der Waals surface area contributed by atoms with Crippen molar-refractivity contribution in [2.24, 2.45) is 5.92 Å². The first kappa shape index (κ1) is 12.2. The number of hydrogen-bond donors (Lipinski definition) is 2. The second kappa shape index (κ2) is 5.88. The third kappa shape index (κ3) is 3.64. The molecule has 1 aromatic heterocycles. The molecule has 0 aliphatic heterocycles. The summed E-state index contributed by atoms with van der Waals surface area (Å²) in [6.07, 6.45) is 0. The second-order valence-corrected chi connectivity index (χ2v) is 4.68. The summed E-state index contributed by atoms with van der Waals surface area (Å²) in [5, 5.41) is 8.02. The first-order valence-corrected chi connectivity index (χ1v) is 6.01. The third-order valence-electron chi connectivity index (χ3n) is 2.29. The number of rotatable bonds is 5. The fraction of sp³-hybridized carbons (Fsp3) is 0.545. The van der Waals surface area contributed by atoms with Crippen LogP contribution in [0.5, 0.6) is 0 Å². The predicted molar refractivity (Wildman–Crippen MR) is 64.0 cm³/mol. The minimum absolute atomic E-state index is 0.0115. The van der Waals surface area contributed by atoms with E-state index in [0.717, 1.165) is 0 Å². The molecule has 0 spiro atoms. The minimum Gasteiger partial charge on any atom is -0.348 e. The molecule has 1 heterocycles. The Bertz CT molecular complexity index is 298. The quantitative estimate of drug-likeness (QED) is 0.803. The summed E-state index contributed by atoms with van der Waals surface area (Å²) in [5.74, 6) is 0.114. The topological polar surface area (TPSA) is 41.1 Å². The molecule has 0 radical (unpaired) electrons. The van der Waals surface area contributed by atoms with E-state index >= 15 is 0 Å². The molecule has 2 atom stereocenters. The molecule has 3 nitrogen and oxygen atoms in total. The summed E-state index contributed by atoms with van der Waals surface area (Å²) in [6.45, 7) is 4.64. The molecule has 15 heavy (non-hydrogen) atoms. The van der Waals surface area contributed by atoms with E-state index in [2.05, 4.69) is 10.6 Å². The Morgan fingerprint density at radius 2 is 2.27 bits per heavy atom. The maximum absolute atomic E-state index is 11.7. The van der Waals surface area contributed by atoms with Crippen LogP contribution in [0.25, 0.3) is 0 Å². The molecule has 1 rings (SSSR count). The molecule has 4 heteroatoms. The third-order valence-corrected chi connectivity index (χ3v) is 3.34. The van der Waals surface area contributed by atoms with Crippen LogP contribution in [-0.2, 0) is 4.79 Å². The molecule has 0 aromatic carbocycles. The molecule has 84 valence electrons. The monoisotopic (exact) mass is 226 g/mol. The number of carbonyl (C=O) groups excluding carboxylic acids is 1. The number of amides is 1. The van der Waals surface area contributed by atoms with Gasteiger partial charge in [0.2, 0.25) is 5.91 Å². The maximum Gasteiger partial charge on any atom is 0.224 e. The zero-order valence-corrected chi connectivity index (χ0v) is 10.2. The standard InChI is InChI=1S/C11H18N2OS/c1-8(7-12-3)11(14)13-9(2)10-5-4-6-15-10/h4-6,8-9,12H,7H2,1-3H3,(H,13,14)/t8?,9-/m0/s1. The van der Waals surface area contributed by atoms with Gasteiger partial charge in [-0.05, 0) is 25.4 Å². The van der Waals surface area contributed by atoms with Crippen LogP contribution in [0, 0.1) is 5.92 Å². The summed E-state index contributed by atoms with van der Waals surface area (Å²) >= 11 is 1.67. The normalized spacial score (nSPS) is 14.6. The van der Waals surface area contributed by atoms with Crippen LogP contribution < -0.4 is 10.6 Å². The predicted octanol–water partition coefficient (Wildman–Crippen LogP) is 1.78. The summed E-state index contributed by atoms with van der Waals surface area (Å²) in [6, 6.07) is 4.15. The number of thiophene rings is 1.